The number of fused-ring (bicyclic) bond motifs is 3. The monoisotopic (exact) mass is 402 g/mol. The van der Waals surface area contributed by atoms with Crippen molar-refractivity contribution in [1.82, 2.24) is 19.4 Å². The number of aromatic nitrogens is 2. The highest BCUT2D eigenvalue weighted by Gasteiger charge is 2.42. The fraction of sp³-hybridized carbons (Fsp3) is 0.571. The standard InChI is InChI=1S/C21H30N4O2S/c1-3-11-28(26,27)22-14-18-12-17-9-10-25(18)15-19(17)21-13-20(23-24(21)2)16-7-5-4-6-8-16/h4-8,13,17-19,22H,3,9-12,14-15H2,1-2H3. The molecule has 2 aromatic rings. The predicted molar refractivity (Wildman–Crippen MR) is 112 cm³/mol. The van der Waals surface area contributed by atoms with Gasteiger partial charge in [0.25, 0.3) is 0 Å². The number of sulfonamides is 1. The van der Waals surface area contributed by atoms with Gasteiger partial charge in [-0.2, -0.15) is 5.10 Å². The highest BCUT2D eigenvalue weighted by Crippen LogP contribution is 2.42. The number of nitrogens with zero attached hydrogens (tertiary/aromatic N) is 3. The molecule has 0 radical (unpaired) electrons. The summed E-state index contributed by atoms with van der Waals surface area (Å²) in [7, 11) is -1.10. The van der Waals surface area contributed by atoms with Crippen LogP contribution in [0.4, 0.5) is 0 Å². The van der Waals surface area contributed by atoms with Crippen molar-refractivity contribution < 1.29 is 8.42 Å². The van der Waals surface area contributed by atoms with Crippen molar-refractivity contribution in [3.05, 3.63) is 42.1 Å². The summed E-state index contributed by atoms with van der Waals surface area (Å²) in [6, 6.07) is 12.9. The van der Waals surface area contributed by atoms with Crippen molar-refractivity contribution in [2.75, 3.05) is 25.4 Å². The predicted octanol–water partition coefficient (Wildman–Crippen LogP) is 2.59. The largest absolute Gasteiger partial charge is 0.298 e. The Bertz CT molecular complexity index is 910. The number of hydrogen-bond donors (Lipinski definition) is 1. The molecule has 0 saturated carbocycles. The molecule has 3 saturated heterocycles. The Hall–Kier alpha value is -1.70. The fourth-order valence-corrected chi connectivity index (χ4v) is 5.96. The number of nitrogens with one attached hydrogen (secondary N) is 1. The molecule has 3 aliphatic rings. The normalized spacial score (nSPS) is 27.2. The average Bonchev–Trinajstić information content (AvgIpc) is 3.09. The second-order valence-corrected chi connectivity index (χ2v) is 10.1. The minimum atomic E-state index is -3.14. The molecule has 2 bridgehead atoms. The molecule has 0 spiro atoms. The Labute approximate surface area is 168 Å². The molecular weight excluding hydrogens is 372 g/mol. The van der Waals surface area contributed by atoms with Crippen LogP contribution in [0.1, 0.15) is 37.8 Å². The zero-order chi connectivity index (χ0) is 19.7. The molecule has 1 aromatic heterocycles. The van der Waals surface area contributed by atoms with Crippen molar-refractivity contribution in [2.45, 2.75) is 38.1 Å². The van der Waals surface area contributed by atoms with E-state index >= 15 is 0 Å². The fourth-order valence-electron chi connectivity index (χ4n) is 4.83. The van der Waals surface area contributed by atoms with Crippen molar-refractivity contribution in [2.24, 2.45) is 13.0 Å². The zero-order valence-electron chi connectivity index (χ0n) is 16.7. The van der Waals surface area contributed by atoms with Crippen LogP contribution in [0.25, 0.3) is 11.3 Å². The molecule has 4 heterocycles. The molecule has 7 heteroatoms. The summed E-state index contributed by atoms with van der Waals surface area (Å²) >= 11 is 0. The lowest BCUT2D eigenvalue weighted by molar-refractivity contribution is 0.0306. The van der Waals surface area contributed by atoms with E-state index in [0.717, 1.165) is 30.8 Å². The first-order valence-electron chi connectivity index (χ1n) is 10.3. The molecule has 4 unspecified atom stereocenters. The molecule has 152 valence electrons. The summed E-state index contributed by atoms with van der Waals surface area (Å²) in [6.07, 6.45) is 2.87. The Morgan fingerprint density at radius 1 is 1.25 bits per heavy atom. The van der Waals surface area contributed by atoms with Crippen LogP contribution in [0.15, 0.2) is 36.4 Å². The van der Waals surface area contributed by atoms with Crippen LogP contribution in [0, 0.1) is 5.92 Å². The summed E-state index contributed by atoms with van der Waals surface area (Å²) in [4.78, 5) is 2.47. The molecule has 1 N–H and O–H groups in total. The highest BCUT2D eigenvalue weighted by molar-refractivity contribution is 7.89. The highest BCUT2D eigenvalue weighted by atomic mass is 32.2. The van der Waals surface area contributed by atoms with Gasteiger partial charge in [0.1, 0.15) is 0 Å². The second kappa shape index (κ2) is 7.97. The summed E-state index contributed by atoms with van der Waals surface area (Å²) < 4.78 is 28.9. The lowest BCUT2D eigenvalue weighted by Gasteiger charge is -2.49. The Balaban J connectivity index is 1.46. The molecule has 0 aliphatic carbocycles. The van der Waals surface area contributed by atoms with Gasteiger partial charge in [-0.05, 0) is 37.8 Å². The maximum Gasteiger partial charge on any atom is 0.211 e. The third-order valence-corrected chi connectivity index (χ3v) is 7.81. The van der Waals surface area contributed by atoms with E-state index in [1.165, 1.54) is 12.1 Å². The molecule has 5 rings (SSSR count). The van der Waals surface area contributed by atoms with E-state index in [9.17, 15) is 8.42 Å². The van der Waals surface area contributed by atoms with Crippen molar-refractivity contribution in [3.8, 4) is 11.3 Å². The number of piperidine rings is 3. The number of hydrogen-bond acceptors (Lipinski definition) is 4. The van der Waals surface area contributed by atoms with Crippen LogP contribution >= 0.6 is 0 Å². The Morgan fingerprint density at radius 2 is 2.04 bits per heavy atom. The van der Waals surface area contributed by atoms with Crippen LogP contribution in [0.2, 0.25) is 0 Å². The molecule has 3 fully saturated rings. The molecule has 3 aliphatic heterocycles. The first-order chi connectivity index (χ1) is 13.5. The maximum absolute atomic E-state index is 12.0. The smallest absolute Gasteiger partial charge is 0.211 e. The maximum atomic E-state index is 12.0. The third kappa shape index (κ3) is 4.02. The van der Waals surface area contributed by atoms with Gasteiger partial charge >= 0.3 is 0 Å². The minimum Gasteiger partial charge on any atom is -0.298 e. The lowest BCUT2D eigenvalue weighted by Crippen LogP contribution is -2.56. The van der Waals surface area contributed by atoms with Crippen LogP contribution in [-0.4, -0.2) is 54.5 Å². The van der Waals surface area contributed by atoms with E-state index in [-0.39, 0.29) is 5.75 Å². The van der Waals surface area contributed by atoms with Gasteiger partial charge in [-0.25, -0.2) is 13.1 Å². The van der Waals surface area contributed by atoms with E-state index in [1.54, 1.807) is 0 Å². The van der Waals surface area contributed by atoms with E-state index in [0.29, 0.717) is 30.8 Å². The first kappa shape index (κ1) is 19.6. The molecule has 4 atom stereocenters. The van der Waals surface area contributed by atoms with Crippen LogP contribution in [-0.2, 0) is 17.1 Å². The van der Waals surface area contributed by atoms with Crippen molar-refractivity contribution >= 4 is 10.0 Å². The topological polar surface area (TPSA) is 67.2 Å². The van der Waals surface area contributed by atoms with E-state index in [4.69, 9.17) is 5.10 Å². The van der Waals surface area contributed by atoms with Crippen LogP contribution in [0.3, 0.4) is 0 Å². The van der Waals surface area contributed by atoms with E-state index in [2.05, 4.69) is 27.8 Å². The average molecular weight is 403 g/mol. The van der Waals surface area contributed by atoms with Gasteiger partial charge < -0.3 is 0 Å². The quantitative estimate of drug-likeness (QED) is 0.773. The lowest BCUT2D eigenvalue weighted by atomic mass is 9.74. The van der Waals surface area contributed by atoms with Gasteiger partial charge in [0.2, 0.25) is 10.0 Å². The van der Waals surface area contributed by atoms with Gasteiger partial charge in [-0.15, -0.1) is 0 Å². The zero-order valence-corrected chi connectivity index (χ0v) is 17.5. The first-order valence-corrected chi connectivity index (χ1v) is 11.9. The Kier molecular flexibility index (Phi) is 5.58. The summed E-state index contributed by atoms with van der Waals surface area (Å²) in [5.74, 6) is 1.26. The van der Waals surface area contributed by atoms with Crippen LogP contribution in [0.5, 0.6) is 0 Å². The van der Waals surface area contributed by atoms with Gasteiger partial charge in [0, 0.05) is 43.4 Å². The summed E-state index contributed by atoms with van der Waals surface area (Å²) in [6.45, 7) is 4.48. The SMILES string of the molecule is CCCS(=O)(=O)NCC1CC2CCN1CC2c1cc(-c2ccccc2)nn1C. The Morgan fingerprint density at radius 3 is 2.71 bits per heavy atom. The molecule has 28 heavy (non-hydrogen) atoms. The number of aryl methyl sites for hydroxylation is 1. The van der Waals surface area contributed by atoms with Gasteiger partial charge in [0.05, 0.1) is 11.4 Å². The van der Waals surface area contributed by atoms with Crippen LogP contribution < -0.4 is 4.72 Å². The van der Waals surface area contributed by atoms with Gasteiger partial charge in [-0.3, -0.25) is 9.58 Å². The van der Waals surface area contributed by atoms with E-state index < -0.39 is 10.0 Å². The molecular formula is C21H30N4O2S. The number of rotatable bonds is 7. The van der Waals surface area contributed by atoms with Gasteiger partial charge in [-0.1, -0.05) is 37.3 Å². The summed E-state index contributed by atoms with van der Waals surface area (Å²) in [5.41, 5.74) is 3.46. The van der Waals surface area contributed by atoms with Gasteiger partial charge in [0.15, 0.2) is 0 Å². The molecule has 0 amide bonds. The molecule has 1 aromatic carbocycles. The van der Waals surface area contributed by atoms with Crippen molar-refractivity contribution in [3.63, 3.8) is 0 Å². The minimum absolute atomic E-state index is 0.211. The van der Waals surface area contributed by atoms with E-state index in [1.807, 2.05) is 36.9 Å². The van der Waals surface area contributed by atoms with Crippen molar-refractivity contribution in [1.29, 1.82) is 0 Å². The second-order valence-electron chi connectivity index (χ2n) is 8.15. The summed E-state index contributed by atoms with van der Waals surface area (Å²) in [5, 5.41) is 4.75. The number of benzene rings is 1. The third-order valence-electron chi connectivity index (χ3n) is 6.26. The molecule has 6 nitrogen and oxygen atoms in total.